The molecule has 2 fully saturated rings. The lowest BCUT2D eigenvalue weighted by Gasteiger charge is -2.24. The topological polar surface area (TPSA) is 78.7 Å². The second-order valence-corrected chi connectivity index (χ2v) is 7.17. The maximum absolute atomic E-state index is 13.2. The molecule has 2 heterocycles. The van der Waals surface area contributed by atoms with Crippen LogP contribution in [0.5, 0.6) is 0 Å². The van der Waals surface area contributed by atoms with Gasteiger partial charge in [0.2, 0.25) is 5.91 Å². The third-order valence-electron chi connectivity index (χ3n) is 4.45. The maximum Gasteiger partial charge on any atom is 0.321 e. The number of carbonyl (C=O) groups is 2. The van der Waals surface area contributed by atoms with Crippen LogP contribution >= 0.6 is 11.8 Å². The number of anilines is 1. The van der Waals surface area contributed by atoms with Crippen molar-refractivity contribution in [3.05, 3.63) is 30.1 Å². The van der Waals surface area contributed by atoms with Crippen molar-refractivity contribution < 1.29 is 14.0 Å². The van der Waals surface area contributed by atoms with Crippen molar-refractivity contribution in [3.8, 4) is 0 Å². The zero-order valence-corrected chi connectivity index (χ0v) is 14.1. The Morgan fingerprint density at radius 1 is 1.33 bits per heavy atom. The average Bonchev–Trinajstić information content (AvgIpc) is 3.25. The van der Waals surface area contributed by atoms with Crippen LogP contribution in [0.2, 0.25) is 0 Å². The first-order chi connectivity index (χ1) is 11.5. The first kappa shape index (κ1) is 17.0. The molecule has 0 spiro atoms. The number of nitrogens with two attached hydrogens (primary N) is 1. The van der Waals surface area contributed by atoms with Gasteiger partial charge < -0.3 is 20.9 Å². The summed E-state index contributed by atoms with van der Waals surface area (Å²) < 4.78 is 13.2. The van der Waals surface area contributed by atoms with Crippen LogP contribution in [0.4, 0.5) is 14.9 Å². The van der Waals surface area contributed by atoms with Gasteiger partial charge in [0.25, 0.3) is 0 Å². The van der Waals surface area contributed by atoms with E-state index >= 15 is 0 Å². The normalized spacial score (nSPS) is 21.8. The number of likely N-dealkylation sites (tertiary alicyclic amines) is 1. The Morgan fingerprint density at radius 2 is 2.17 bits per heavy atom. The minimum absolute atomic E-state index is 0.0302. The van der Waals surface area contributed by atoms with E-state index in [1.54, 1.807) is 33.7 Å². The summed E-state index contributed by atoms with van der Waals surface area (Å²) in [7, 11) is 0. The molecule has 3 amide bonds. The zero-order chi connectivity index (χ0) is 17.1. The van der Waals surface area contributed by atoms with Gasteiger partial charge in [-0.05, 0) is 24.6 Å². The van der Waals surface area contributed by atoms with Crippen LogP contribution in [0.25, 0.3) is 0 Å². The monoisotopic (exact) mass is 352 g/mol. The molecule has 1 aromatic rings. The largest absolute Gasteiger partial charge is 0.331 e. The highest BCUT2D eigenvalue weighted by atomic mass is 32.2. The number of urea groups is 1. The average molecular weight is 352 g/mol. The van der Waals surface area contributed by atoms with E-state index in [0.717, 1.165) is 12.3 Å². The predicted molar refractivity (Wildman–Crippen MR) is 92.1 cm³/mol. The highest BCUT2D eigenvalue weighted by Gasteiger charge is 2.36. The number of amides is 3. The number of hydrogen-bond acceptors (Lipinski definition) is 4. The molecule has 130 valence electrons. The van der Waals surface area contributed by atoms with Crippen LogP contribution in [0.3, 0.4) is 0 Å². The van der Waals surface area contributed by atoms with Crippen LogP contribution < -0.4 is 11.1 Å². The van der Waals surface area contributed by atoms with Crippen LogP contribution in [0.15, 0.2) is 24.3 Å². The first-order valence-corrected chi connectivity index (χ1v) is 9.13. The smallest absolute Gasteiger partial charge is 0.321 e. The molecular weight excluding hydrogens is 331 g/mol. The Hall–Kier alpha value is -1.80. The molecule has 2 saturated heterocycles. The third-order valence-corrected chi connectivity index (χ3v) is 5.41. The molecule has 2 unspecified atom stereocenters. The van der Waals surface area contributed by atoms with Gasteiger partial charge in [0.1, 0.15) is 5.82 Å². The van der Waals surface area contributed by atoms with E-state index in [-0.39, 0.29) is 17.9 Å². The van der Waals surface area contributed by atoms with Crippen molar-refractivity contribution in [1.82, 2.24) is 9.80 Å². The number of rotatable bonds is 3. The SMILES string of the molecule is NC(C(=O)N1CCSC1)C1CCN(C(=O)Nc2cccc(F)c2)C1. The van der Waals surface area contributed by atoms with Crippen molar-refractivity contribution in [3.63, 3.8) is 0 Å². The van der Waals surface area contributed by atoms with Gasteiger partial charge in [-0.3, -0.25) is 4.79 Å². The van der Waals surface area contributed by atoms with Crippen LogP contribution in [0, 0.1) is 11.7 Å². The van der Waals surface area contributed by atoms with Crippen LogP contribution in [-0.2, 0) is 4.79 Å². The molecule has 3 rings (SSSR count). The summed E-state index contributed by atoms with van der Waals surface area (Å²) in [4.78, 5) is 28.0. The van der Waals surface area contributed by atoms with Crippen molar-refractivity contribution >= 4 is 29.4 Å². The van der Waals surface area contributed by atoms with Gasteiger partial charge in [0.05, 0.1) is 11.9 Å². The Kier molecular flexibility index (Phi) is 5.25. The van der Waals surface area contributed by atoms with Crippen LogP contribution in [0.1, 0.15) is 6.42 Å². The molecular formula is C16H21FN4O2S. The maximum atomic E-state index is 13.2. The lowest BCUT2D eigenvalue weighted by Crippen LogP contribution is -2.47. The summed E-state index contributed by atoms with van der Waals surface area (Å²) >= 11 is 1.72. The number of nitrogens with one attached hydrogen (secondary N) is 1. The lowest BCUT2D eigenvalue weighted by atomic mass is 9.99. The second-order valence-electron chi connectivity index (χ2n) is 6.10. The molecule has 6 nitrogen and oxygen atoms in total. The highest BCUT2D eigenvalue weighted by molar-refractivity contribution is 7.99. The van der Waals surface area contributed by atoms with Crippen LogP contribution in [-0.4, -0.2) is 59.0 Å². The molecule has 2 aliphatic heterocycles. The van der Waals surface area contributed by atoms with Gasteiger partial charge >= 0.3 is 6.03 Å². The fourth-order valence-corrected chi connectivity index (χ4v) is 3.99. The number of nitrogens with zero attached hydrogens (tertiary/aromatic N) is 2. The Labute approximate surface area is 144 Å². The molecule has 2 aliphatic rings. The lowest BCUT2D eigenvalue weighted by molar-refractivity contribution is -0.132. The molecule has 24 heavy (non-hydrogen) atoms. The summed E-state index contributed by atoms with van der Waals surface area (Å²) in [5, 5.41) is 2.68. The number of benzene rings is 1. The molecule has 1 aromatic carbocycles. The quantitative estimate of drug-likeness (QED) is 0.865. The Balaban J connectivity index is 1.54. The van der Waals surface area contributed by atoms with Gasteiger partial charge in [-0.15, -0.1) is 11.8 Å². The summed E-state index contributed by atoms with van der Waals surface area (Å²) in [6.45, 7) is 1.73. The standard InChI is InChI=1S/C16H21FN4O2S/c17-12-2-1-3-13(8-12)19-16(23)20-5-4-11(9-20)14(18)15(22)21-6-7-24-10-21/h1-3,8,11,14H,4-7,9-10,18H2,(H,19,23). The molecule has 0 bridgehead atoms. The summed E-state index contributed by atoms with van der Waals surface area (Å²) in [5.74, 6) is 1.18. The minimum atomic E-state index is -0.573. The minimum Gasteiger partial charge on any atom is -0.331 e. The van der Waals surface area contributed by atoms with E-state index in [4.69, 9.17) is 5.73 Å². The molecule has 8 heteroatoms. The van der Waals surface area contributed by atoms with E-state index in [1.165, 1.54) is 12.1 Å². The Morgan fingerprint density at radius 3 is 2.88 bits per heavy atom. The fraction of sp³-hybridized carbons (Fsp3) is 0.500. The number of halogens is 1. The van der Waals surface area contributed by atoms with E-state index < -0.39 is 11.9 Å². The summed E-state index contributed by atoms with van der Waals surface area (Å²) in [6, 6.07) is 4.90. The summed E-state index contributed by atoms with van der Waals surface area (Å²) in [6.07, 6.45) is 0.699. The van der Waals surface area contributed by atoms with Crippen molar-refractivity contribution in [2.45, 2.75) is 12.5 Å². The molecule has 0 aromatic heterocycles. The molecule has 0 aliphatic carbocycles. The van der Waals surface area contributed by atoms with E-state index in [1.807, 2.05) is 0 Å². The van der Waals surface area contributed by atoms with Gasteiger partial charge in [0.15, 0.2) is 0 Å². The number of carbonyl (C=O) groups excluding carboxylic acids is 2. The van der Waals surface area contributed by atoms with Gasteiger partial charge in [-0.1, -0.05) is 6.07 Å². The molecule has 0 saturated carbocycles. The Bertz CT molecular complexity index is 624. The highest BCUT2D eigenvalue weighted by Crippen LogP contribution is 2.23. The van der Waals surface area contributed by atoms with Gasteiger partial charge in [-0.25, -0.2) is 9.18 Å². The molecule has 0 radical (unpaired) electrons. The van der Waals surface area contributed by atoms with Crippen molar-refractivity contribution in [2.24, 2.45) is 11.7 Å². The van der Waals surface area contributed by atoms with Crippen molar-refractivity contribution in [2.75, 3.05) is 36.6 Å². The zero-order valence-electron chi connectivity index (χ0n) is 13.3. The summed E-state index contributed by atoms with van der Waals surface area (Å²) in [5.41, 5.74) is 6.54. The van der Waals surface area contributed by atoms with E-state index in [0.29, 0.717) is 31.1 Å². The molecule has 3 N–H and O–H groups in total. The first-order valence-electron chi connectivity index (χ1n) is 7.98. The van der Waals surface area contributed by atoms with E-state index in [9.17, 15) is 14.0 Å². The van der Waals surface area contributed by atoms with Crippen molar-refractivity contribution in [1.29, 1.82) is 0 Å². The number of hydrogen-bond donors (Lipinski definition) is 2. The van der Waals surface area contributed by atoms with E-state index in [2.05, 4.69) is 5.32 Å². The van der Waals surface area contributed by atoms with Gasteiger partial charge in [-0.2, -0.15) is 0 Å². The third kappa shape index (κ3) is 3.81. The molecule has 2 atom stereocenters. The fourth-order valence-electron chi connectivity index (χ4n) is 3.03. The number of thioether (sulfide) groups is 1. The predicted octanol–water partition coefficient (Wildman–Crippen LogP) is 1.54. The van der Waals surface area contributed by atoms with Gasteiger partial charge in [0, 0.05) is 37.0 Å². The second kappa shape index (κ2) is 7.40.